The van der Waals surface area contributed by atoms with Gasteiger partial charge in [0.05, 0.1) is 17.0 Å². The molecule has 0 spiro atoms. The monoisotopic (exact) mass is 531 g/mol. The van der Waals surface area contributed by atoms with Gasteiger partial charge in [-0.25, -0.2) is 14.4 Å². The van der Waals surface area contributed by atoms with Gasteiger partial charge >= 0.3 is 6.18 Å². The van der Waals surface area contributed by atoms with Gasteiger partial charge in [-0.15, -0.1) is 11.3 Å². The van der Waals surface area contributed by atoms with Crippen molar-refractivity contribution < 1.29 is 22.4 Å². The molecule has 1 aromatic carbocycles. The van der Waals surface area contributed by atoms with E-state index in [9.17, 15) is 27.2 Å². The van der Waals surface area contributed by atoms with Crippen LogP contribution in [0.15, 0.2) is 47.5 Å². The van der Waals surface area contributed by atoms with Gasteiger partial charge in [0.15, 0.2) is 17.5 Å². The average molecular weight is 532 g/mol. The first-order chi connectivity index (χ1) is 17.6. The number of pyridine rings is 1. The Kier molecular flexibility index (Phi) is 6.44. The van der Waals surface area contributed by atoms with E-state index in [1.54, 1.807) is 30.3 Å². The molecule has 4 heterocycles. The van der Waals surface area contributed by atoms with Crippen LogP contribution in [-0.2, 0) is 17.8 Å². The number of thiophene rings is 1. The van der Waals surface area contributed by atoms with Crippen molar-refractivity contribution in [2.24, 2.45) is 5.92 Å². The standard InChI is InChI=1S/C25H21F4N5O2S/c1-13(25(27,28)29)8-21(35)34-7-5-19-15(12-34)10-20(37-19)23-31-11-18(26)22(33-23)32-16-2-3-17-14(9-16)4-6-30-24(17)36/h2-4,6,9-11,13H,5,7-8,12H2,1H3,(H,30,36)(H,31,32,33). The summed E-state index contributed by atoms with van der Waals surface area (Å²) in [5, 5.41) is 4.11. The Labute approximate surface area is 212 Å². The number of anilines is 2. The molecule has 1 amide bonds. The summed E-state index contributed by atoms with van der Waals surface area (Å²) in [4.78, 5) is 38.5. The minimum Gasteiger partial charge on any atom is -0.338 e. The second kappa shape index (κ2) is 9.58. The molecule has 7 nitrogen and oxygen atoms in total. The molecule has 5 rings (SSSR count). The fourth-order valence-electron chi connectivity index (χ4n) is 4.14. The molecule has 2 N–H and O–H groups in total. The number of nitrogens with one attached hydrogen (secondary N) is 2. The highest BCUT2D eigenvalue weighted by atomic mass is 32.1. The molecule has 37 heavy (non-hydrogen) atoms. The molecule has 4 aromatic rings. The lowest BCUT2D eigenvalue weighted by Gasteiger charge is -2.28. The number of amides is 1. The Hall–Kier alpha value is -3.80. The molecular weight excluding hydrogens is 510 g/mol. The molecule has 1 aliphatic rings. The van der Waals surface area contributed by atoms with Crippen LogP contribution in [0.4, 0.5) is 29.1 Å². The largest absolute Gasteiger partial charge is 0.392 e. The molecule has 1 unspecified atom stereocenters. The first kappa shape index (κ1) is 24.9. The van der Waals surface area contributed by atoms with E-state index in [0.29, 0.717) is 34.3 Å². The minimum absolute atomic E-state index is 0.0431. The molecule has 3 aromatic heterocycles. The number of benzene rings is 1. The summed E-state index contributed by atoms with van der Waals surface area (Å²) in [7, 11) is 0. The highest BCUT2D eigenvalue weighted by molar-refractivity contribution is 7.15. The lowest BCUT2D eigenvalue weighted by Crippen LogP contribution is -2.37. The van der Waals surface area contributed by atoms with Crippen LogP contribution in [-0.4, -0.2) is 38.5 Å². The predicted molar refractivity (Wildman–Crippen MR) is 132 cm³/mol. The predicted octanol–water partition coefficient (Wildman–Crippen LogP) is 5.40. The number of aromatic nitrogens is 3. The fraction of sp³-hybridized carbons (Fsp3) is 0.280. The van der Waals surface area contributed by atoms with Crippen molar-refractivity contribution in [3.8, 4) is 10.7 Å². The van der Waals surface area contributed by atoms with E-state index < -0.39 is 30.2 Å². The molecular formula is C25H21F4N5O2S. The summed E-state index contributed by atoms with van der Waals surface area (Å²) in [5.41, 5.74) is 1.13. The topological polar surface area (TPSA) is 91.0 Å². The summed E-state index contributed by atoms with van der Waals surface area (Å²) < 4.78 is 53.1. The lowest BCUT2D eigenvalue weighted by molar-refractivity contribution is -0.176. The van der Waals surface area contributed by atoms with Crippen molar-refractivity contribution >= 4 is 39.5 Å². The van der Waals surface area contributed by atoms with Gasteiger partial charge in [-0.2, -0.15) is 13.2 Å². The number of nitrogens with zero attached hydrogens (tertiary/aromatic N) is 3. The molecule has 0 saturated carbocycles. The van der Waals surface area contributed by atoms with Crippen LogP contribution in [0.3, 0.4) is 0 Å². The summed E-state index contributed by atoms with van der Waals surface area (Å²) in [5.74, 6) is -2.67. The van der Waals surface area contributed by atoms with E-state index in [1.165, 1.54) is 22.4 Å². The molecule has 12 heteroatoms. The van der Waals surface area contributed by atoms with Crippen LogP contribution < -0.4 is 10.9 Å². The normalized spacial score (nSPS) is 14.5. The highest BCUT2D eigenvalue weighted by Crippen LogP contribution is 2.35. The molecule has 192 valence electrons. The molecule has 1 aliphatic heterocycles. The van der Waals surface area contributed by atoms with Gasteiger partial charge in [-0.05, 0) is 47.7 Å². The van der Waals surface area contributed by atoms with Gasteiger partial charge in [0, 0.05) is 41.7 Å². The first-order valence-corrected chi connectivity index (χ1v) is 12.3. The Morgan fingerprint density at radius 2 is 2.08 bits per heavy atom. The van der Waals surface area contributed by atoms with Gasteiger partial charge in [0.1, 0.15) is 0 Å². The Balaban J connectivity index is 1.35. The maximum Gasteiger partial charge on any atom is 0.392 e. The Morgan fingerprint density at radius 3 is 2.86 bits per heavy atom. The van der Waals surface area contributed by atoms with Crippen molar-refractivity contribution in [1.29, 1.82) is 0 Å². The second-order valence-electron chi connectivity index (χ2n) is 8.90. The third-order valence-corrected chi connectivity index (χ3v) is 7.49. The van der Waals surface area contributed by atoms with Crippen molar-refractivity contribution in [3.05, 3.63) is 69.3 Å². The number of fused-ring (bicyclic) bond motifs is 2. The zero-order valence-electron chi connectivity index (χ0n) is 19.5. The van der Waals surface area contributed by atoms with Gasteiger partial charge in [-0.3, -0.25) is 9.59 Å². The number of carbonyl (C=O) groups excluding carboxylic acids is 1. The third kappa shape index (κ3) is 5.19. The van der Waals surface area contributed by atoms with Crippen LogP contribution in [0, 0.1) is 11.7 Å². The quantitative estimate of drug-likeness (QED) is 0.337. The van der Waals surface area contributed by atoms with Crippen molar-refractivity contribution in [1.82, 2.24) is 19.9 Å². The van der Waals surface area contributed by atoms with Crippen molar-refractivity contribution in [2.45, 2.75) is 32.5 Å². The third-order valence-electron chi connectivity index (χ3n) is 6.26. The SMILES string of the molecule is CC(CC(=O)N1CCc2sc(-c3ncc(F)c(Nc4ccc5c(=O)[nH]ccc5c4)n3)cc2C1)C(F)(F)F. The van der Waals surface area contributed by atoms with E-state index in [1.807, 2.05) is 0 Å². The second-order valence-corrected chi connectivity index (χ2v) is 10.0. The zero-order chi connectivity index (χ0) is 26.3. The summed E-state index contributed by atoms with van der Waals surface area (Å²) >= 11 is 1.41. The number of aromatic amines is 1. The molecule has 0 saturated heterocycles. The smallest absolute Gasteiger partial charge is 0.338 e. The van der Waals surface area contributed by atoms with E-state index >= 15 is 0 Å². The summed E-state index contributed by atoms with van der Waals surface area (Å²) in [6.45, 7) is 1.54. The number of hydrogen-bond donors (Lipinski definition) is 2. The zero-order valence-corrected chi connectivity index (χ0v) is 20.3. The summed E-state index contributed by atoms with van der Waals surface area (Å²) in [6, 6.07) is 8.52. The number of rotatable bonds is 5. The van der Waals surface area contributed by atoms with Gasteiger partial charge in [0.2, 0.25) is 5.91 Å². The van der Waals surface area contributed by atoms with Crippen LogP contribution in [0.5, 0.6) is 0 Å². The summed E-state index contributed by atoms with van der Waals surface area (Å²) in [6.07, 6.45) is -1.91. The van der Waals surface area contributed by atoms with Crippen LogP contribution >= 0.6 is 11.3 Å². The number of H-pyrrole nitrogens is 1. The highest BCUT2D eigenvalue weighted by Gasteiger charge is 2.38. The molecule has 0 fully saturated rings. The number of hydrogen-bond acceptors (Lipinski definition) is 6. The Bertz CT molecular complexity index is 1550. The fourth-order valence-corrected chi connectivity index (χ4v) is 5.25. The minimum atomic E-state index is -4.41. The van der Waals surface area contributed by atoms with Crippen molar-refractivity contribution in [3.63, 3.8) is 0 Å². The number of alkyl halides is 3. The maximum atomic E-state index is 14.5. The van der Waals surface area contributed by atoms with E-state index in [2.05, 4.69) is 20.3 Å². The van der Waals surface area contributed by atoms with Crippen LogP contribution in [0.2, 0.25) is 0 Å². The van der Waals surface area contributed by atoms with Crippen molar-refractivity contribution in [2.75, 3.05) is 11.9 Å². The van der Waals surface area contributed by atoms with Gasteiger partial charge in [-0.1, -0.05) is 6.92 Å². The first-order valence-electron chi connectivity index (χ1n) is 11.5. The molecule has 0 radical (unpaired) electrons. The lowest BCUT2D eigenvalue weighted by atomic mass is 10.0. The van der Waals surface area contributed by atoms with Crippen LogP contribution in [0.25, 0.3) is 21.5 Å². The molecule has 1 atom stereocenters. The number of halogens is 4. The molecule has 0 bridgehead atoms. The van der Waals surface area contributed by atoms with Crippen LogP contribution in [0.1, 0.15) is 23.8 Å². The van der Waals surface area contributed by atoms with Gasteiger partial charge in [0.25, 0.3) is 5.56 Å². The van der Waals surface area contributed by atoms with E-state index in [4.69, 9.17) is 0 Å². The number of carbonyl (C=O) groups is 1. The molecule has 0 aliphatic carbocycles. The average Bonchev–Trinajstić information content (AvgIpc) is 3.28. The van der Waals surface area contributed by atoms with Gasteiger partial charge < -0.3 is 15.2 Å². The maximum absolute atomic E-state index is 14.5. The van der Waals surface area contributed by atoms with E-state index in [0.717, 1.165) is 23.6 Å². The van der Waals surface area contributed by atoms with E-state index in [-0.39, 0.29) is 23.7 Å². The Morgan fingerprint density at radius 1 is 1.27 bits per heavy atom.